The van der Waals surface area contributed by atoms with Gasteiger partial charge >= 0.3 is 0 Å². The Morgan fingerprint density at radius 3 is 3.04 bits per heavy atom. The Kier molecular flexibility index (Phi) is 8.42. The highest BCUT2D eigenvalue weighted by molar-refractivity contribution is 7.11. The number of thiophene rings is 1. The molecule has 0 aromatic carbocycles. The lowest BCUT2D eigenvalue weighted by Crippen LogP contribution is -2.38. The number of hydrogen-bond acceptors (Lipinski definition) is 4. The molecule has 1 aromatic heterocycles. The number of aliphatic imine (C=N–C) groups is 1. The number of hydrogen-bond donors (Lipinski definition) is 2. The van der Waals surface area contributed by atoms with E-state index in [0.717, 1.165) is 58.3 Å². The van der Waals surface area contributed by atoms with Crippen LogP contribution in [0.15, 0.2) is 17.1 Å². The van der Waals surface area contributed by atoms with Gasteiger partial charge in [0.05, 0.1) is 19.3 Å². The summed E-state index contributed by atoms with van der Waals surface area (Å²) in [6.45, 7) is 9.04. The van der Waals surface area contributed by atoms with Gasteiger partial charge in [-0.25, -0.2) is 4.99 Å². The molecule has 1 atom stereocenters. The van der Waals surface area contributed by atoms with Crippen molar-refractivity contribution in [3.63, 3.8) is 0 Å². The fourth-order valence-electron chi connectivity index (χ4n) is 2.44. The lowest BCUT2D eigenvalue weighted by Gasteiger charge is -2.12. The SMILES string of the molecule is CCNC(=NCc1ccc(C)s1)NCCCOCC1CCCO1. The van der Waals surface area contributed by atoms with Crippen LogP contribution < -0.4 is 10.6 Å². The zero-order valence-electron chi connectivity index (χ0n) is 14.3. The van der Waals surface area contributed by atoms with Crippen LogP contribution in [0.4, 0.5) is 0 Å². The van der Waals surface area contributed by atoms with Crippen LogP contribution >= 0.6 is 11.3 Å². The lowest BCUT2D eigenvalue weighted by atomic mass is 10.2. The van der Waals surface area contributed by atoms with Crippen molar-refractivity contribution >= 4 is 17.3 Å². The monoisotopic (exact) mass is 339 g/mol. The van der Waals surface area contributed by atoms with Crippen LogP contribution in [0, 0.1) is 6.92 Å². The minimum atomic E-state index is 0.316. The Morgan fingerprint density at radius 2 is 2.35 bits per heavy atom. The summed E-state index contributed by atoms with van der Waals surface area (Å²) in [7, 11) is 0. The summed E-state index contributed by atoms with van der Waals surface area (Å²) < 4.78 is 11.2. The van der Waals surface area contributed by atoms with Gasteiger partial charge in [-0.15, -0.1) is 11.3 Å². The predicted octanol–water partition coefficient (Wildman–Crippen LogP) is 2.70. The van der Waals surface area contributed by atoms with Crippen LogP contribution in [0.1, 0.15) is 35.9 Å². The summed E-state index contributed by atoms with van der Waals surface area (Å²) in [6.07, 6.45) is 3.59. The quantitative estimate of drug-likeness (QED) is 0.413. The van der Waals surface area contributed by atoms with Crippen LogP contribution in [-0.2, 0) is 16.0 Å². The van der Waals surface area contributed by atoms with Crippen LogP contribution in [0.5, 0.6) is 0 Å². The van der Waals surface area contributed by atoms with Crippen molar-refractivity contribution in [3.8, 4) is 0 Å². The maximum atomic E-state index is 5.67. The second-order valence-electron chi connectivity index (χ2n) is 5.70. The van der Waals surface area contributed by atoms with Gasteiger partial charge in [0.1, 0.15) is 0 Å². The Morgan fingerprint density at radius 1 is 1.43 bits per heavy atom. The zero-order chi connectivity index (χ0) is 16.3. The van der Waals surface area contributed by atoms with Gasteiger partial charge in [0.2, 0.25) is 0 Å². The summed E-state index contributed by atoms with van der Waals surface area (Å²) in [6, 6.07) is 4.28. The molecule has 0 bridgehead atoms. The van der Waals surface area contributed by atoms with Crippen molar-refractivity contribution in [2.45, 2.75) is 45.8 Å². The minimum absolute atomic E-state index is 0.316. The normalized spacial score (nSPS) is 18.3. The van der Waals surface area contributed by atoms with Gasteiger partial charge in [-0.1, -0.05) is 0 Å². The van der Waals surface area contributed by atoms with Gasteiger partial charge in [0.25, 0.3) is 0 Å². The Hall–Kier alpha value is -1.11. The summed E-state index contributed by atoms with van der Waals surface area (Å²) >= 11 is 1.80. The van der Waals surface area contributed by atoms with Crippen LogP contribution in [0.2, 0.25) is 0 Å². The smallest absolute Gasteiger partial charge is 0.191 e. The summed E-state index contributed by atoms with van der Waals surface area (Å²) in [5.41, 5.74) is 0. The molecule has 0 spiro atoms. The summed E-state index contributed by atoms with van der Waals surface area (Å²) in [4.78, 5) is 7.24. The molecule has 6 heteroatoms. The predicted molar refractivity (Wildman–Crippen MR) is 96.3 cm³/mol. The van der Waals surface area contributed by atoms with E-state index in [0.29, 0.717) is 6.10 Å². The maximum absolute atomic E-state index is 5.67. The highest BCUT2D eigenvalue weighted by atomic mass is 32.1. The van der Waals surface area contributed by atoms with E-state index in [1.807, 2.05) is 0 Å². The molecule has 1 aliphatic heterocycles. The minimum Gasteiger partial charge on any atom is -0.379 e. The second kappa shape index (κ2) is 10.6. The Bertz CT molecular complexity index is 470. The number of aryl methyl sites for hydroxylation is 1. The molecule has 1 unspecified atom stereocenters. The Balaban J connectivity index is 1.59. The highest BCUT2D eigenvalue weighted by Gasteiger charge is 2.14. The van der Waals surface area contributed by atoms with Gasteiger partial charge in [-0.3, -0.25) is 0 Å². The zero-order valence-corrected chi connectivity index (χ0v) is 15.1. The first-order chi connectivity index (χ1) is 11.3. The van der Waals surface area contributed by atoms with Crippen molar-refractivity contribution < 1.29 is 9.47 Å². The molecule has 1 fully saturated rings. The van der Waals surface area contributed by atoms with Gasteiger partial charge < -0.3 is 20.1 Å². The topological polar surface area (TPSA) is 54.9 Å². The molecule has 1 aliphatic rings. The van der Waals surface area contributed by atoms with Crippen molar-refractivity contribution in [1.82, 2.24) is 10.6 Å². The lowest BCUT2D eigenvalue weighted by molar-refractivity contribution is 0.0168. The fraction of sp³-hybridized carbons (Fsp3) is 0.706. The van der Waals surface area contributed by atoms with E-state index in [9.17, 15) is 0 Å². The van der Waals surface area contributed by atoms with E-state index in [1.165, 1.54) is 16.2 Å². The van der Waals surface area contributed by atoms with Crippen molar-refractivity contribution in [2.75, 3.05) is 32.9 Å². The molecule has 2 N–H and O–H groups in total. The van der Waals surface area contributed by atoms with E-state index >= 15 is 0 Å². The molecular weight excluding hydrogens is 310 g/mol. The molecule has 0 amide bonds. The van der Waals surface area contributed by atoms with E-state index in [-0.39, 0.29) is 0 Å². The summed E-state index contributed by atoms with van der Waals surface area (Å²) in [5.74, 6) is 0.873. The fourth-order valence-corrected chi connectivity index (χ4v) is 3.26. The first-order valence-electron chi connectivity index (χ1n) is 8.54. The first-order valence-corrected chi connectivity index (χ1v) is 9.36. The van der Waals surface area contributed by atoms with Crippen LogP contribution in [-0.4, -0.2) is 45.0 Å². The first kappa shape index (κ1) is 18.2. The number of nitrogens with one attached hydrogen (secondary N) is 2. The molecule has 23 heavy (non-hydrogen) atoms. The average Bonchev–Trinajstić information content (AvgIpc) is 3.19. The standard InChI is InChI=1S/C17H29N3O2S/c1-3-18-17(20-12-16-8-7-14(2)23-16)19-9-5-10-21-13-15-6-4-11-22-15/h7-8,15H,3-6,9-13H2,1-2H3,(H2,18,19,20). The molecule has 5 nitrogen and oxygen atoms in total. The number of ether oxygens (including phenoxy) is 2. The van der Waals surface area contributed by atoms with Crippen molar-refractivity contribution in [2.24, 2.45) is 4.99 Å². The Labute approximate surface area is 143 Å². The molecule has 0 saturated carbocycles. The van der Waals surface area contributed by atoms with E-state index < -0.39 is 0 Å². The molecule has 2 heterocycles. The third-order valence-corrected chi connectivity index (χ3v) is 4.60. The van der Waals surface area contributed by atoms with Gasteiger partial charge in [0, 0.05) is 36.1 Å². The second-order valence-corrected chi connectivity index (χ2v) is 7.07. The maximum Gasteiger partial charge on any atom is 0.191 e. The average molecular weight is 340 g/mol. The largest absolute Gasteiger partial charge is 0.379 e. The van der Waals surface area contributed by atoms with Crippen LogP contribution in [0.25, 0.3) is 0 Å². The molecule has 0 aliphatic carbocycles. The number of rotatable bonds is 9. The van der Waals surface area contributed by atoms with E-state index in [2.05, 4.69) is 41.6 Å². The molecular formula is C17H29N3O2S. The third kappa shape index (κ3) is 7.33. The van der Waals surface area contributed by atoms with Gasteiger partial charge in [-0.2, -0.15) is 0 Å². The van der Waals surface area contributed by atoms with Crippen molar-refractivity contribution in [1.29, 1.82) is 0 Å². The molecule has 0 radical (unpaired) electrons. The van der Waals surface area contributed by atoms with E-state index in [1.54, 1.807) is 11.3 Å². The molecule has 2 rings (SSSR count). The number of nitrogens with zero attached hydrogens (tertiary/aromatic N) is 1. The van der Waals surface area contributed by atoms with Crippen LogP contribution in [0.3, 0.4) is 0 Å². The highest BCUT2D eigenvalue weighted by Crippen LogP contribution is 2.15. The van der Waals surface area contributed by atoms with E-state index in [4.69, 9.17) is 9.47 Å². The van der Waals surface area contributed by atoms with Gasteiger partial charge in [-0.05, 0) is 45.2 Å². The van der Waals surface area contributed by atoms with Gasteiger partial charge in [0.15, 0.2) is 5.96 Å². The molecule has 1 aromatic rings. The third-order valence-electron chi connectivity index (χ3n) is 3.62. The molecule has 1 saturated heterocycles. The van der Waals surface area contributed by atoms with Crippen molar-refractivity contribution in [3.05, 3.63) is 21.9 Å². The number of guanidine groups is 1. The molecule has 130 valence electrons. The summed E-state index contributed by atoms with van der Waals surface area (Å²) in [5, 5.41) is 6.64.